The van der Waals surface area contributed by atoms with E-state index in [4.69, 9.17) is 4.74 Å². The van der Waals surface area contributed by atoms with Crippen LogP contribution in [0.5, 0.6) is 0 Å². The second-order valence-corrected chi connectivity index (χ2v) is 5.01. The Hall–Kier alpha value is -0.980. The van der Waals surface area contributed by atoms with Crippen molar-refractivity contribution < 1.29 is 9.84 Å². The fourth-order valence-electron chi connectivity index (χ4n) is 1.90. The zero-order chi connectivity index (χ0) is 14.5. The summed E-state index contributed by atoms with van der Waals surface area (Å²) in [5.74, 6) is 0. The largest absolute Gasteiger partial charge is 0.389 e. The first-order valence-electron chi connectivity index (χ1n) is 7.63. The molecule has 1 heterocycles. The number of hydrogen-bond donors (Lipinski definition) is 2. The topological polar surface area (TPSA) is 72.2 Å². The van der Waals surface area contributed by atoms with Crippen molar-refractivity contribution in [3.8, 4) is 0 Å². The van der Waals surface area contributed by atoms with E-state index in [1.807, 2.05) is 6.20 Å². The SMILES string of the molecule is CCCCCCOCC(O)CNCCCn1ccnn1. The van der Waals surface area contributed by atoms with Crippen LogP contribution in [0.25, 0.3) is 0 Å². The van der Waals surface area contributed by atoms with Crippen LogP contribution in [0.1, 0.15) is 39.0 Å². The van der Waals surface area contributed by atoms with Gasteiger partial charge in [-0.2, -0.15) is 0 Å². The van der Waals surface area contributed by atoms with Gasteiger partial charge in [0.2, 0.25) is 0 Å². The van der Waals surface area contributed by atoms with Gasteiger partial charge in [0.15, 0.2) is 0 Å². The highest BCUT2D eigenvalue weighted by atomic mass is 16.5. The Kier molecular flexibility index (Phi) is 10.1. The van der Waals surface area contributed by atoms with Gasteiger partial charge in [0.25, 0.3) is 0 Å². The molecule has 1 unspecified atom stereocenters. The predicted molar refractivity (Wildman–Crippen MR) is 78.5 cm³/mol. The van der Waals surface area contributed by atoms with Crippen LogP contribution < -0.4 is 5.32 Å². The lowest BCUT2D eigenvalue weighted by atomic mass is 10.2. The third-order valence-corrected chi connectivity index (χ3v) is 3.05. The molecular formula is C14H28N4O2. The molecule has 0 aliphatic rings. The molecule has 0 aliphatic heterocycles. The quantitative estimate of drug-likeness (QED) is 0.533. The van der Waals surface area contributed by atoms with E-state index in [-0.39, 0.29) is 0 Å². The van der Waals surface area contributed by atoms with E-state index in [0.717, 1.165) is 32.5 Å². The van der Waals surface area contributed by atoms with Gasteiger partial charge in [-0.25, -0.2) is 0 Å². The molecule has 0 saturated heterocycles. The number of aliphatic hydroxyl groups excluding tert-OH is 1. The molecule has 0 saturated carbocycles. The summed E-state index contributed by atoms with van der Waals surface area (Å²) in [6.07, 6.45) is 8.87. The molecule has 0 bridgehead atoms. The normalized spacial score (nSPS) is 12.7. The molecule has 20 heavy (non-hydrogen) atoms. The van der Waals surface area contributed by atoms with Crippen molar-refractivity contribution in [2.75, 3.05) is 26.3 Å². The van der Waals surface area contributed by atoms with Gasteiger partial charge in [-0.3, -0.25) is 4.68 Å². The van der Waals surface area contributed by atoms with Crippen LogP contribution in [0.2, 0.25) is 0 Å². The molecule has 0 fully saturated rings. The van der Waals surface area contributed by atoms with Crippen LogP contribution in [-0.4, -0.2) is 52.5 Å². The molecule has 2 N–H and O–H groups in total. The monoisotopic (exact) mass is 284 g/mol. The Balaban J connectivity index is 1.83. The van der Waals surface area contributed by atoms with E-state index in [1.165, 1.54) is 19.3 Å². The molecule has 0 amide bonds. The van der Waals surface area contributed by atoms with Gasteiger partial charge in [0.1, 0.15) is 0 Å². The number of rotatable bonds is 13. The molecule has 1 rings (SSSR count). The Morgan fingerprint density at radius 2 is 2.20 bits per heavy atom. The smallest absolute Gasteiger partial charge is 0.0897 e. The molecule has 0 aromatic carbocycles. The van der Waals surface area contributed by atoms with Crippen LogP contribution in [0, 0.1) is 0 Å². The summed E-state index contributed by atoms with van der Waals surface area (Å²) in [5.41, 5.74) is 0. The Bertz CT molecular complexity index is 306. The number of aromatic nitrogens is 3. The Morgan fingerprint density at radius 3 is 2.95 bits per heavy atom. The second-order valence-electron chi connectivity index (χ2n) is 5.01. The van der Waals surface area contributed by atoms with Gasteiger partial charge < -0.3 is 15.2 Å². The third-order valence-electron chi connectivity index (χ3n) is 3.05. The standard InChI is InChI=1S/C14H28N4O2/c1-2-3-4-5-11-20-13-14(19)12-15-7-6-9-18-10-8-16-17-18/h8,10,14-15,19H,2-7,9,11-13H2,1H3. The highest BCUT2D eigenvalue weighted by Gasteiger charge is 2.03. The fraction of sp³-hybridized carbons (Fsp3) is 0.857. The lowest BCUT2D eigenvalue weighted by molar-refractivity contribution is 0.0355. The summed E-state index contributed by atoms with van der Waals surface area (Å²) in [5, 5.41) is 20.6. The van der Waals surface area contributed by atoms with E-state index >= 15 is 0 Å². The van der Waals surface area contributed by atoms with E-state index in [2.05, 4.69) is 22.6 Å². The highest BCUT2D eigenvalue weighted by Crippen LogP contribution is 1.99. The first kappa shape index (κ1) is 17.1. The van der Waals surface area contributed by atoms with Crippen molar-refractivity contribution in [1.82, 2.24) is 20.3 Å². The van der Waals surface area contributed by atoms with Crippen LogP contribution >= 0.6 is 0 Å². The number of nitrogens with one attached hydrogen (secondary N) is 1. The molecule has 116 valence electrons. The number of unbranched alkanes of at least 4 members (excludes halogenated alkanes) is 3. The molecule has 0 radical (unpaired) electrons. The van der Waals surface area contributed by atoms with Crippen LogP contribution in [0.3, 0.4) is 0 Å². The number of aryl methyl sites for hydroxylation is 1. The molecule has 1 aromatic rings. The van der Waals surface area contributed by atoms with Gasteiger partial charge in [-0.15, -0.1) is 5.10 Å². The van der Waals surface area contributed by atoms with Crippen molar-refractivity contribution in [3.05, 3.63) is 12.4 Å². The summed E-state index contributed by atoms with van der Waals surface area (Å²) >= 11 is 0. The first-order valence-corrected chi connectivity index (χ1v) is 7.63. The maximum atomic E-state index is 9.72. The summed E-state index contributed by atoms with van der Waals surface area (Å²) < 4.78 is 7.25. The van der Waals surface area contributed by atoms with Gasteiger partial charge >= 0.3 is 0 Å². The second kappa shape index (κ2) is 11.8. The first-order chi connectivity index (χ1) is 9.83. The van der Waals surface area contributed by atoms with E-state index in [9.17, 15) is 5.11 Å². The van der Waals surface area contributed by atoms with Gasteiger partial charge in [0, 0.05) is 25.9 Å². The zero-order valence-corrected chi connectivity index (χ0v) is 12.5. The van der Waals surface area contributed by atoms with Gasteiger partial charge in [0.05, 0.1) is 18.9 Å². The van der Waals surface area contributed by atoms with Gasteiger partial charge in [-0.1, -0.05) is 31.4 Å². The minimum atomic E-state index is -0.424. The number of nitrogens with zero attached hydrogens (tertiary/aromatic N) is 3. The third kappa shape index (κ3) is 9.01. The minimum Gasteiger partial charge on any atom is -0.389 e. The average Bonchev–Trinajstić information content (AvgIpc) is 2.95. The fourth-order valence-corrected chi connectivity index (χ4v) is 1.90. The summed E-state index contributed by atoms with van der Waals surface area (Å²) in [4.78, 5) is 0. The van der Waals surface area contributed by atoms with E-state index in [0.29, 0.717) is 13.2 Å². The summed E-state index contributed by atoms with van der Waals surface area (Å²) in [6.45, 7) is 5.64. The maximum absolute atomic E-state index is 9.72. The van der Waals surface area contributed by atoms with E-state index in [1.54, 1.807) is 10.9 Å². The van der Waals surface area contributed by atoms with Crippen molar-refractivity contribution in [1.29, 1.82) is 0 Å². The number of hydrogen-bond acceptors (Lipinski definition) is 5. The highest BCUT2D eigenvalue weighted by molar-refractivity contribution is 4.64. The van der Waals surface area contributed by atoms with Gasteiger partial charge in [-0.05, 0) is 19.4 Å². The van der Waals surface area contributed by atoms with Crippen molar-refractivity contribution in [2.24, 2.45) is 0 Å². The molecule has 0 spiro atoms. The molecule has 6 heteroatoms. The summed E-state index contributed by atoms with van der Waals surface area (Å²) in [6, 6.07) is 0. The zero-order valence-electron chi connectivity index (χ0n) is 12.5. The van der Waals surface area contributed by atoms with Crippen molar-refractivity contribution in [3.63, 3.8) is 0 Å². The van der Waals surface area contributed by atoms with E-state index < -0.39 is 6.10 Å². The minimum absolute atomic E-state index is 0.419. The Labute approximate surface area is 121 Å². The van der Waals surface area contributed by atoms with Crippen molar-refractivity contribution >= 4 is 0 Å². The van der Waals surface area contributed by atoms with Crippen LogP contribution in [0.15, 0.2) is 12.4 Å². The molecule has 1 aromatic heterocycles. The molecule has 6 nitrogen and oxygen atoms in total. The molecule has 1 atom stereocenters. The number of aliphatic hydroxyl groups is 1. The lowest BCUT2D eigenvalue weighted by Gasteiger charge is -2.12. The lowest BCUT2D eigenvalue weighted by Crippen LogP contribution is -2.31. The van der Waals surface area contributed by atoms with Crippen LogP contribution in [-0.2, 0) is 11.3 Å². The average molecular weight is 284 g/mol. The number of ether oxygens (including phenoxy) is 1. The predicted octanol–water partition coefficient (Wildman–Crippen LogP) is 1.22. The maximum Gasteiger partial charge on any atom is 0.0897 e. The molecular weight excluding hydrogens is 256 g/mol. The van der Waals surface area contributed by atoms with Crippen LogP contribution in [0.4, 0.5) is 0 Å². The summed E-state index contributed by atoms with van der Waals surface area (Å²) in [7, 11) is 0. The Morgan fingerprint density at radius 1 is 1.30 bits per heavy atom. The molecule has 0 aliphatic carbocycles. The van der Waals surface area contributed by atoms with Crippen molar-refractivity contribution in [2.45, 2.75) is 51.7 Å².